The van der Waals surface area contributed by atoms with E-state index < -0.39 is 0 Å². The summed E-state index contributed by atoms with van der Waals surface area (Å²) in [6, 6.07) is 9.95. The van der Waals surface area contributed by atoms with Gasteiger partial charge in [-0.05, 0) is 51.0 Å². The van der Waals surface area contributed by atoms with Crippen LogP contribution in [0.5, 0.6) is 5.75 Å². The third-order valence-electron chi connectivity index (χ3n) is 3.45. The van der Waals surface area contributed by atoms with Crippen molar-refractivity contribution >= 4 is 0 Å². The van der Waals surface area contributed by atoms with Crippen molar-refractivity contribution in [1.82, 2.24) is 9.78 Å². The highest BCUT2D eigenvalue weighted by Gasteiger charge is 2.15. The normalized spacial score (nSPS) is 12.7. The van der Waals surface area contributed by atoms with Gasteiger partial charge < -0.3 is 10.5 Å². The van der Waals surface area contributed by atoms with Crippen molar-refractivity contribution in [3.05, 3.63) is 47.3 Å². The van der Waals surface area contributed by atoms with Gasteiger partial charge >= 0.3 is 0 Å². The molecule has 0 radical (unpaired) electrons. The summed E-state index contributed by atoms with van der Waals surface area (Å²) in [6.45, 7) is 9.06. The van der Waals surface area contributed by atoms with Crippen molar-refractivity contribution in [3.8, 4) is 5.75 Å². The van der Waals surface area contributed by atoms with Crippen LogP contribution in [0, 0.1) is 0 Å². The summed E-state index contributed by atoms with van der Waals surface area (Å²) in [5, 5.41) is 4.56. The number of hydrogen-bond acceptors (Lipinski definition) is 3. The molecule has 2 N–H and O–H groups in total. The second kappa shape index (κ2) is 6.76. The van der Waals surface area contributed by atoms with E-state index in [4.69, 9.17) is 10.5 Å². The summed E-state index contributed by atoms with van der Waals surface area (Å²) in [6.07, 6.45) is 1.10. The maximum atomic E-state index is 6.41. The Morgan fingerprint density at radius 2 is 1.86 bits per heavy atom. The van der Waals surface area contributed by atoms with Gasteiger partial charge in [-0.25, -0.2) is 0 Å². The summed E-state index contributed by atoms with van der Waals surface area (Å²) in [5.41, 5.74) is 9.63. The molecule has 1 aromatic heterocycles. The van der Waals surface area contributed by atoms with Gasteiger partial charge in [0.15, 0.2) is 0 Å². The number of ether oxygens (including phenoxy) is 1. The highest BCUT2D eigenvalue weighted by molar-refractivity contribution is 5.33. The highest BCUT2D eigenvalue weighted by atomic mass is 16.5. The second-order valence-electron chi connectivity index (χ2n) is 5.44. The molecule has 114 valence electrons. The fraction of sp³-hybridized carbons (Fsp3) is 0.471. The Balaban J connectivity index is 2.23. The van der Waals surface area contributed by atoms with E-state index in [2.05, 4.69) is 25.0 Å². The molecule has 2 rings (SSSR count). The molecule has 1 aromatic carbocycles. The molecule has 21 heavy (non-hydrogen) atoms. The van der Waals surface area contributed by atoms with Crippen LogP contribution < -0.4 is 10.5 Å². The third kappa shape index (κ3) is 3.64. The third-order valence-corrected chi connectivity index (χ3v) is 3.45. The molecular formula is C17H25N3O. The Bertz CT molecular complexity index is 572. The van der Waals surface area contributed by atoms with Gasteiger partial charge in [0.1, 0.15) is 5.75 Å². The maximum Gasteiger partial charge on any atom is 0.119 e. The molecule has 4 heteroatoms. The van der Waals surface area contributed by atoms with Crippen molar-refractivity contribution in [3.63, 3.8) is 0 Å². The van der Waals surface area contributed by atoms with Gasteiger partial charge in [0.25, 0.3) is 0 Å². The Kier molecular flexibility index (Phi) is 5.02. The lowest BCUT2D eigenvalue weighted by Gasteiger charge is -2.15. The molecule has 0 saturated carbocycles. The summed E-state index contributed by atoms with van der Waals surface area (Å²) in [5.74, 6) is 0.874. The SMILES string of the molecule is CCc1cc(C(N)c2ccc(OC(C)C)cc2)n(CC)n1. The van der Waals surface area contributed by atoms with E-state index in [1.165, 1.54) is 0 Å². The van der Waals surface area contributed by atoms with E-state index in [0.717, 1.165) is 35.7 Å². The summed E-state index contributed by atoms with van der Waals surface area (Å²) in [7, 11) is 0. The van der Waals surface area contributed by atoms with Crippen LogP contribution in [0.1, 0.15) is 50.7 Å². The van der Waals surface area contributed by atoms with Crippen LogP contribution in [0.2, 0.25) is 0 Å². The monoisotopic (exact) mass is 287 g/mol. The largest absolute Gasteiger partial charge is 0.491 e. The second-order valence-corrected chi connectivity index (χ2v) is 5.44. The lowest BCUT2D eigenvalue weighted by Crippen LogP contribution is -2.17. The average Bonchev–Trinajstić information content (AvgIpc) is 2.90. The molecule has 0 aliphatic carbocycles. The van der Waals surface area contributed by atoms with Gasteiger partial charge in [-0.3, -0.25) is 4.68 Å². The number of hydrogen-bond donors (Lipinski definition) is 1. The molecule has 0 saturated heterocycles. The molecule has 0 aliphatic heterocycles. The van der Waals surface area contributed by atoms with Crippen molar-refractivity contribution in [1.29, 1.82) is 0 Å². The van der Waals surface area contributed by atoms with Crippen LogP contribution in [0.3, 0.4) is 0 Å². The van der Waals surface area contributed by atoms with E-state index in [9.17, 15) is 0 Å². The van der Waals surface area contributed by atoms with Crippen LogP contribution in [0.4, 0.5) is 0 Å². The van der Waals surface area contributed by atoms with Gasteiger partial charge in [0.2, 0.25) is 0 Å². The number of rotatable bonds is 6. The molecule has 2 aromatic rings. The maximum absolute atomic E-state index is 6.41. The molecule has 0 aliphatic rings. The molecular weight excluding hydrogens is 262 g/mol. The predicted octanol–water partition coefficient (Wildman–Crippen LogP) is 3.30. The minimum absolute atomic E-state index is 0.161. The summed E-state index contributed by atoms with van der Waals surface area (Å²) in [4.78, 5) is 0. The van der Waals surface area contributed by atoms with Crippen LogP contribution in [-0.4, -0.2) is 15.9 Å². The molecule has 4 nitrogen and oxygen atoms in total. The van der Waals surface area contributed by atoms with E-state index in [1.54, 1.807) is 0 Å². The van der Waals surface area contributed by atoms with Crippen molar-refractivity contribution in [2.45, 2.75) is 52.8 Å². The van der Waals surface area contributed by atoms with Gasteiger partial charge in [0, 0.05) is 6.54 Å². The Labute approximate surface area is 126 Å². The lowest BCUT2D eigenvalue weighted by molar-refractivity contribution is 0.242. The zero-order chi connectivity index (χ0) is 15.4. The van der Waals surface area contributed by atoms with Crippen molar-refractivity contribution < 1.29 is 4.74 Å². The zero-order valence-electron chi connectivity index (χ0n) is 13.3. The average molecular weight is 287 g/mol. The Morgan fingerprint density at radius 1 is 1.19 bits per heavy atom. The first kappa shape index (κ1) is 15.6. The van der Waals surface area contributed by atoms with Crippen molar-refractivity contribution in [2.75, 3.05) is 0 Å². The minimum atomic E-state index is -0.161. The van der Waals surface area contributed by atoms with E-state index in [1.807, 2.05) is 42.8 Å². The van der Waals surface area contributed by atoms with Crippen molar-refractivity contribution in [2.24, 2.45) is 5.73 Å². The molecule has 0 spiro atoms. The smallest absolute Gasteiger partial charge is 0.119 e. The van der Waals surface area contributed by atoms with Gasteiger partial charge in [-0.1, -0.05) is 19.1 Å². The fourth-order valence-electron chi connectivity index (χ4n) is 2.36. The van der Waals surface area contributed by atoms with Crippen LogP contribution in [-0.2, 0) is 13.0 Å². The minimum Gasteiger partial charge on any atom is -0.491 e. The topological polar surface area (TPSA) is 53.1 Å². The summed E-state index contributed by atoms with van der Waals surface area (Å²) < 4.78 is 7.65. The number of benzene rings is 1. The number of nitrogens with zero attached hydrogens (tertiary/aromatic N) is 2. The van der Waals surface area contributed by atoms with E-state index in [-0.39, 0.29) is 12.1 Å². The predicted molar refractivity (Wildman–Crippen MR) is 85.5 cm³/mol. The highest BCUT2D eigenvalue weighted by Crippen LogP contribution is 2.23. The van der Waals surface area contributed by atoms with E-state index in [0.29, 0.717) is 0 Å². The molecule has 0 amide bonds. The Hall–Kier alpha value is -1.81. The quantitative estimate of drug-likeness (QED) is 0.887. The molecule has 1 atom stereocenters. The Morgan fingerprint density at radius 3 is 2.38 bits per heavy atom. The number of nitrogens with two attached hydrogens (primary N) is 1. The molecule has 1 unspecified atom stereocenters. The van der Waals surface area contributed by atoms with Gasteiger partial charge in [0.05, 0.1) is 23.5 Å². The van der Waals surface area contributed by atoms with Gasteiger partial charge in [-0.15, -0.1) is 0 Å². The summed E-state index contributed by atoms with van der Waals surface area (Å²) >= 11 is 0. The lowest BCUT2D eigenvalue weighted by atomic mass is 10.0. The standard InChI is InChI=1S/C17H25N3O/c1-5-14-11-16(20(6-2)19-14)17(18)13-7-9-15(10-8-13)21-12(3)4/h7-12,17H,5-6,18H2,1-4H3. The first-order valence-electron chi connectivity index (χ1n) is 7.64. The van der Waals surface area contributed by atoms with Crippen LogP contribution in [0.25, 0.3) is 0 Å². The zero-order valence-corrected chi connectivity index (χ0v) is 13.3. The molecule has 1 heterocycles. The number of aromatic nitrogens is 2. The van der Waals surface area contributed by atoms with E-state index >= 15 is 0 Å². The first-order valence-corrected chi connectivity index (χ1v) is 7.64. The van der Waals surface area contributed by atoms with Crippen LogP contribution in [0.15, 0.2) is 30.3 Å². The van der Waals surface area contributed by atoms with Gasteiger partial charge in [-0.2, -0.15) is 5.10 Å². The number of aryl methyl sites for hydroxylation is 2. The van der Waals surface area contributed by atoms with Crippen LogP contribution >= 0.6 is 0 Å². The molecule has 0 bridgehead atoms. The molecule has 0 fully saturated rings. The first-order chi connectivity index (χ1) is 10.0. The fourth-order valence-corrected chi connectivity index (χ4v) is 2.36.